The van der Waals surface area contributed by atoms with Gasteiger partial charge in [-0.25, -0.2) is 9.97 Å². The highest BCUT2D eigenvalue weighted by molar-refractivity contribution is 6.29. The van der Waals surface area contributed by atoms with Crippen molar-refractivity contribution in [1.82, 2.24) is 9.97 Å². The summed E-state index contributed by atoms with van der Waals surface area (Å²) < 4.78 is 0. The first kappa shape index (κ1) is 18.8. The molecule has 6 rings (SSSR count). The molecule has 2 nitrogen and oxygen atoms in total. The molecule has 152 valence electrons. The summed E-state index contributed by atoms with van der Waals surface area (Å²) in [5.74, 6) is 0.660. The summed E-state index contributed by atoms with van der Waals surface area (Å²) in [6.45, 7) is 0. The van der Waals surface area contributed by atoms with Crippen LogP contribution in [-0.2, 0) is 5.41 Å². The Kier molecular flexibility index (Phi) is 4.43. The van der Waals surface area contributed by atoms with Gasteiger partial charge in [0.1, 0.15) is 5.15 Å². The second kappa shape index (κ2) is 7.32. The Labute approximate surface area is 188 Å². The fraction of sp³-hybridized carbons (Fsp3) is 0.214. The first-order valence-electron chi connectivity index (χ1n) is 11.1. The van der Waals surface area contributed by atoms with Crippen LogP contribution in [0.1, 0.15) is 43.2 Å². The zero-order valence-corrected chi connectivity index (χ0v) is 18.1. The summed E-state index contributed by atoms with van der Waals surface area (Å²) in [6.07, 6.45) is 6.44. The van der Waals surface area contributed by atoms with Crippen molar-refractivity contribution in [2.45, 2.75) is 37.5 Å². The molecule has 3 aromatic carbocycles. The Morgan fingerprint density at radius 2 is 1.39 bits per heavy atom. The molecule has 3 heteroatoms. The fourth-order valence-electron chi connectivity index (χ4n) is 5.60. The maximum absolute atomic E-state index is 6.41. The van der Waals surface area contributed by atoms with E-state index in [4.69, 9.17) is 16.6 Å². The molecule has 4 aromatic rings. The van der Waals surface area contributed by atoms with Gasteiger partial charge in [0.25, 0.3) is 0 Å². The third-order valence-corrected chi connectivity index (χ3v) is 7.19. The van der Waals surface area contributed by atoms with E-state index in [2.05, 4.69) is 47.4 Å². The van der Waals surface area contributed by atoms with Gasteiger partial charge < -0.3 is 0 Å². The number of benzene rings is 3. The first-order valence-corrected chi connectivity index (χ1v) is 11.5. The van der Waals surface area contributed by atoms with E-state index in [-0.39, 0.29) is 5.41 Å². The van der Waals surface area contributed by atoms with Crippen molar-refractivity contribution < 1.29 is 0 Å². The van der Waals surface area contributed by atoms with Crippen LogP contribution in [-0.4, -0.2) is 9.97 Å². The van der Waals surface area contributed by atoms with Gasteiger partial charge in [0, 0.05) is 22.6 Å². The molecule has 1 heterocycles. The molecule has 0 unspecified atom stereocenters. The molecule has 0 radical (unpaired) electrons. The molecule has 2 aliphatic rings. The highest BCUT2D eigenvalue weighted by Crippen LogP contribution is 2.56. The van der Waals surface area contributed by atoms with Gasteiger partial charge in [0.15, 0.2) is 5.82 Å². The van der Waals surface area contributed by atoms with Gasteiger partial charge in [-0.3, -0.25) is 0 Å². The minimum Gasteiger partial charge on any atom is -0.228 e. The minimum atomic E-state index is 0.182. The second-order valence-corrected chi connectivity index (χ2v) is 9.10. The third-order valence-electron chi connectivity index (χ3n) is 7.00. The number of hydrogen-bond acceptors (Lipinski definition) is 2. The lowest BCUT2D eigenvalue weighted by molar-refractivity contribution is 0.353. The summed E-state index contributed by atoms with van der Waals surface area (Å²) >= 11 is 6.41. The average molecular weight is 423 g/mol. The maximum Gasteiger partial charge on any atom is 0.161 e. The van der Waals surface area contributed by atoms with E-state index in [1.54, 1.807) is 0 Å². The Morgan fingerprint density at radius 1 is 0.645 bits per heavy atom. The summed E-state index contributed by atoms with van der Waals surface area (Å²) in [7, 11) is 0. The van der Waals surface area contributed by atoms with Gasteiger partial charge in [-0.1, -0.05) is 97.6 Å². The van der Waals surface area contributed by atoms with Crippen LogP contribution in [0.15, 0.2) is 78.9 Å². The largest absolute Gasteiger partial charge is 0.228 e. The van der Waals surface area contributed by atoms with Crippen LogP contribution in [0.5, 0.6) is 0 Å². The van der Waals surface area contributed by atoms with E-state index in [0.717, 1.165) is 16.8 Å². The highest BCUT2D eigenvalue weighted by atomic mass is 35.5. The summed E-state index contributed by atoms with van der Waals surface area (Å²) in [5.41, 5.74) is 8.83. The number of hydrogen-bond donors (Lipinski definition) is 0. The van der Waals surface area contributed by atoms with Crippen molar-refractivity contribution >= 4 is 11.6 Å². The first-order chi connectivity index (χ1) is 15.2. The molecule has 0 amide bonds. The Hall–Kier alpha value is -2.97. The molecule has 1 spiro atoms. The normalized spacial score (nSPS) is 16.2. The maximum atomic E-state index is 6.41. The smallest absolute Gasteiger partial charge is 0.161 e. The molecule has 1 saturated carbocycles. The van der Waals surface area contributed by atoms with E-state index in [1.807, 2.05) is 36.4 Å². The molecule has 1 aromatic heterocycles. The summed E-state index contributed by atoms with van der Waals surface area (Å²) in [6, 6.07) is 27.7. The van der Waals surface area contributed by atoms with Crippen molar-refractivity contribution in [3.8, 4) is 33.8 Å². The Morgan fingerprint density at radius 3 is 2.23 bits per heavy atom. The van der Waals surface area contributed by atoms with Crippen molar-refractivity contribution in [3.63, 3.8) is 0 Å². The molecule has 31 heavy (non-hydrogen) atoms. The molecule has 0 aliphatic heterocycles. The topological polar surface area (TPSA) is 25.8 Å². The molecule has 0 N–H and O–H groups in total. The number of rotatable bonds is 2. The van der Waals surface area contributed by atoms with Crippen LogP contribution in [0.4, 0.5) is 0 Å². The van der Waals surface area contributed by atoms with E-state index in [1.165, 1.54) is 54.4 Å². The molecule has 1 fully saturated rings. The van der Waals surface area contributed by atoms with Gasteiger partial charge in [0.2, 0.25) is 0 Å². The Balaban J connectivity index is 1.50. The van der Waals surface area contributed by atoms with Crippen LogP contribution in [0, 0.1) is 0 Å². The fourth-order valence-corrected chi connectivity index (χ4v) is 5.78. The SMILES string of the molecule is Clc1cc(-c2ccc3c(c2)-c2ccccc2C32CCCCC2)nc(-c2ccccc2)n1. The van der Waals surface area contributed by atoms with E-state index in [9.17, 15) is 0 Å². The van der Waals surface area contributed by atoms with Gasteiger partial charge in [-0.15, -0.1) is 0 Å². The van der Waals surface area contributed by atoms with Crippen LogP contribution < -0.4 is 0 Å². The lowest BCUT2D eigenvalue weighted by Crippen LogP contribution is -2.27. The van der Waals surface area contributed by atoms with Crippen molar-refractivity contribution in [2.75, 3.05) is 0 Å². The number of aromatic nitrogens is 2. The predicted octanol–water partition coefficient (Wildman–Crippen LogP) is 7.69. The van der Waals surface area contributed by atoms with Crippen molar-refractivity contribution in [3.05, 3.63) is 95.1 Å². The van der Waals surface area contributed by atoms with E-state index < -0.39 is 0 Å². The van der Waals surface area contributed by atoms with Crippen molar-refractivity contribution in [1.29, 1.82) is 0 Å². The molecule has 0 saturated heterocycles. The number of fused-ring (bicyclic) bond motifs is 5. The Bertz CT molecular complexity index is 1270. The minimum absolute atomic E-state index is 0.182. The van der Waals surface area contributed by atoms with Gasteiger partial charge in [-0.2, -0.15) is 0 Å². The molecular formula is C28H23ClN2. The van der Waals surface area contributed by atoms with Crippen molar-refractivity contribution in [2.24, 2.45) is 0 Å². The van der Waals surface area contributed by atoms with Gasteiger partial charge >= 0.3 is 0 Å². The average Bonchev–Trinajstić information content (AvgIpc) is 3.09. The third kappa shape index (κ3) is 3.01. The lowest BCUT2D eigenvalue weighted by Gasteiger charge is -2.36. The van der Waals surface area contributed by atoms with Gasteiger partial charge in [-0.05, 0) is 41.2 Å². The number of nitrogens with zero attached hydrogens (tertiary/aromatic N) is 2. The summed E-state index contributed by atoms with van der Waals surface area (Å²) in [4.78, 5) is 9.32. The monoisotopic (exact) mass is 422 g/mol. The zero-order valence-electron chi connectivity index (χ0n) is 17.3. The van der Waals surface area contributed by atoms with Gasteiger partial charge in [0.05, 0.1) is 5.69 Å². The van der Waals surface area contributed by atoms with Crippen LogP contribution >= 0.6 is 11.6 Å². The predicted molar refractivity (Wildman–Crippen MR) is 127 cm³/mol. The summed E-state index contributed by atoms with van der Waals surface area (Å²) in [5, 5.41) is 0.466. The van der Waals surface area contributed by atoms with Crippen LogP contribution in [0.2, 0.25) is 5.15 Å². The van der Waals surface area contributed by atoms with Crippen LogP contribution in [0.25, 0.3) is 33.8 Å². The quantitative estimate of drug-likeness (QED) is 0.309. The van der Waals surface area contributed by atoms with E-state index >= 15 is 0 Å². The molecular weight excluding hydrogens is 400 g/mol. The second-order valence-electron chi connectivity index (χ2n) is 8.71. The number of halogens is 1. The molecule has 0 bridgehead atoms. The zero-order chi connectivity index (χ0) is 20.8. The van der Waals surface area contributed by atoms with Crippen LogP contribution in [0.3, 0.4) is 0 Å². The molecule has 0 atom stereocenters. The van der Waals surface area contributed by atoms with E-state index in [0.29, 0.717) is 11.0 Å². The lowest BCUT2D eigenvalue weighted by atomic mass is 9.68. The molecule has 2 aliphatic carbocycles. The standard InChI is InChI=1S/C28H23ClN2/c29-26-18-25(30-27(31-26)19-9-3-1-4-10-19)20-13-14-24-22(17-20)21-11-5-6-12-23(21)28(24)15-7-2-8-16-28/h1,3-6,9-14,17-18H,2,7-8,15-16H2. The highest BCUT2D eigenvalue weighted by Gasteiger charge is 2.43.